The van der Waals surface area contributed by atoms with Gasteiger partial charge in [0, 0.05) is 24.0 Å². The maximum Gasteiger partial charge on any atom is 0.408 e. The van der Waals surface area contributed by atoms with E-state index in [0.29, 0.717) is 45.9 Å². The Bertz CT molecular complexity index is 1600. The number of methoxy groups -OCH3 is 3. The summed E-state index contributed by atoms with van der Waals surface area (Å²) in [5.74, 6) is -0.668. The highest BCUT2D eigenvalue weighted by Crippen LogP contribution is 2.46. The molecule has 1 aliphatic heterocycles. The predicted molar refractivity (Wildman–Crippen MR) is 199 cm³/mol. The van der Waals surface area contributed by atoms with Crippen LogP contribution in [0.25, 0.3) is 11.1 Å². The molecule has 0 aromatic heterocycles. The van der Waals surface area contributed by atoms with Gasteiger partial charge >= 0.3 is 12.1 Å². The Kier molecular flexibility index (Phi) is 13.2. The molecule has 4 atom stereocenters. The zero-order valence-electron chi connectivity index (χ0n) is 32.5. The van der Waals surface area contributed by atoms with E-state index in [0.717, 1.165) is 0 Å². The number of carbonyl (C=O) groups excluding carboxylic acids is 4. The molecule has 3 amide bonds. The van der Waals surface area contributed by atoms with Crippen LogP contribution in [0.2, 0.25) is 18.1 Å². The van der Waals surface area contributed by atoms with Gasteiger partial charge in [0.15, 0.2) is 5.75 Å². The van der Waals surface area contributed by atoms with Crippen molar-refractivity contribution in [3.8, 4) is 28.4 Å². The quantitative estimate of drug-likeness (QED) is 0.222. The Morgan fingerprint density at radius 2 is 1.53 bits per heavy atom. The molecule has 282 valence electrons. The minimum atomic E-state index is -2.42. The molecule has 4 bridgehead atoms. The number of hydrogen-bond acceptors (Lipinski definition) is 9. The molecule has 51 heavy (non-hydrogen) atoms. The lowest BCUT2D eigenvalue weighted by atomic mass is 9.94. The molecule has 0 radical (unpaired) electrons. The summed E-state index contributed by atoms with van der Waals surface area (Å²) in [5, 5.41) is 8.26. The molecule has 3 rings (SSSR count). The molecule has 0 saturated carbocycles. The first kappa shape index (κ1) is 41.2. The van der Waals surface area contributed by atoms with Gasteiger partial charge in [0.05, 0.1) is 21.3 Å². The number of rotatable bonds is 8. The van der Waals surface area contributed by atoms with Crippen LogP contribution in [0.4, 0.5) is 4.79 Å². The number of benzene rings is 2. The van der Waals surface area contributed by atoms with Crippen LogP contribution in [-0.4, -0.2) is 77.3 Å². The Labute approximate surface area is 303 Å². The fraction of sp³-hybridized carbons (Fsp3) is 0.579. The average molecular weight is 728 g/mol. The molecule has 0 saturated heterocycles. The fourth-order valence-corrected chi connectivity index (χ4v) is 6.48. The Morgan fingerprint density at radius 1 is 0.882 bits per heavy atom. The standard InChI is InChI=1S/C38H57N3O9Si/c1-14-22(2)31-34(43)39-28(35(44)48-11)20-24-18-26(32(47-10)30(21-24)50-51(12,13)38(6,7)8)25-17-23(15-16-29(25)46-9)19-27(33(42)41-31)40-36(45)49-37(3,4)5/h15-18,21-22,27-28,31H,14,19-20H2,1-13H3,(H,39,43)(H,40,45)(H,41,42)/t22-,27?,28+,31+/m1/s1. The molecule has 0 spiro atoms. The van der Waals surface area contributed by atoms with E-state index in [9.17, 15) is 19.2 Å². The highest BCUT2D eigenvalue weighted by atomic mass is 28.4. The summed E-state index contributed by atoms with van der Waals surface area (Å²) in [6, 6.07) is 5.93. The van der Waals surface area contributed by atoms with Crippen LogP contribution in [-0.2, 0) is 36.7 Å². The minimum absolute atomic E-state index is 0.0509. The largest absolute Gasteiger partial charge is 0.541 e. The lowest BCUT2D eigenvalue weighted by molar-refractivity contribution is -0.145. The third kappa shape index (κ3) is 10.4. The molecular weight excluding hydrogens is 671 g/mol. The summed E-state index contributed by atoms with van der Waals surface area (Å²) in [4.78, 5) is 54.3. The molecule has 1 aliphatic rings. The molecule has 1 unspecified atom stereocenters. The second-order valence-electron chi connectivity index (χ2n) is 15.6. The van der Waals surface area contributed by atoms with E-state index in [1.54, 1.807) is 41.1 Å². The van der Waals surface area contributed by atoms with Crippen LogP contribution >= 0.6 is 0 Å². The van der Waals surface area contributed by atoms with E-state index in [2.05, 4.69) is 49.8 Å². The molecule has 1 heterocycles. The van der Waals surface area contributed by atoms with E-state index in [4.69, 9.17) is 23.4 Å². The van der Waals surface area contributed by atoms with Crippen molar-refractivity contribution < 1.29 is 42.6 Å². The van der Waals surface area contributed by atoms with Gasteiger partial charge in [-0.05, 0) is 80.2 Å². The predicted octanol–water partition coefficient (Wildman–Crippen LogP) is 5.94. The first-order valence-electron chi connectivity index (χ1n) is 17.4. The minimum Gasteiger partial charge on any atom is -0.541 e. The Balaban J connectivity index is 2.38. The van der Waals surface area contributed by atoms with E-state index < -0.39 is 55.9 Å². The Hall–Kier alpha value is -4.26. The van der Waals surface area contributed by atoms with Crippen LogP contribution in [0, 0.1) is 5.92 Å². The number of ether oxygens (including phenoxy) is 4. The Morgan fingerprint density at radius 3 is 2.08 bits per heavy atom. The van der Waals surface area contributed by atoms with Gasteiger partial charge in [0.1, 0.15) is 35.2 Å². The van der Waals surface area contributed by atoms with Gasteiger partial charge in [0.2, 0.25) is 11.8 Å². The van der Waals surface area contributed by atoms with E-state index >= 15 is 0 Å². The lowest BCUT2D eigenvalue weighted by Gasteiger charge is -2.37. The van der Waals surface area contributed by atoms with Gasteiger partial charge in [-0.2, -0.15) is 0 Å². The summed E-state index contributed by atoms with van der Waals surface area (Å²) in [5.41, 5.74) is 1.79. The van der Waals surface area contributed by atoms with Gasteiger partial charge in [-0.3, -0.25) is 9.59 Å². The van der Waals surface area contributed by atoms with Gasteiger partial charge in [-0.25, -0.2) is 9.59 Å². The zero-order valence-corrected chi connectivity index (χ0v) is 33.5. The number of nitrogens with one attached hydrogen (secondary N) is 3. The van der Waals surface area contributed by atoms with Crippen molar-refractivity contribution in [3.63, 3.8) is 0 Å². The van der Waals surface area contributed by atoms with Crippen LogP contribution < -0.4 is 29.9 Å². The molecule has 0 fully saturated rings. The fourth-order valence-electron chi connectivity index (χ4n) is 5.47. The normalized spacial score (nSPS) is 19.3. The van der Waals surface area contributed by atoms with Crippen molar-refractivity contribution in [3.05, 3.63) is 41.5 Å². The summed E-state index contributed by atoms with van der Waals surface area (Å²) >= 11 is 0. The van der Waals surface area contributed by atoms with Crippen LogP contribution in [0.1, 0.15) is 72.9 Å². The number of hydrogen-bond donors (Lipinski definition) is 3. The molecule has 0 aliphatic carbocycles. The SMILES string of the molecule is CC[C@@H](C)[C@@H]1NC(=O)C(NC(=O)OC(C)(C)C)Cc2ccc(OC)c(c2)-c2cc(cc(O[Si](C)(C)C(C)(C)C)c2OC)C[C@@H](C(=O)OC)NC1=O. The summed E-state index contributed by atoms with van der Waals surface area (Å²) in [6.45, 7) is 19.6. The summed E-state index contributed by atoms with van der Waals surface area (Å²) in [6.07, 6.45) is -0.137. The molecule has 12 nitrogen and oxygen atoms in total. The topological polar surface area (TPSA) is 151 Å². The van der Waals surface area contributed by atoms with Crippen molar-refractivity contribution in [1.82, 2.24) is 16.0 Å². The highest BCUT2D eigenvalue weighted by Gasteiger charge is 2.40. The summed E-state index contributed by atoms with van der Waals surface area (Å²) in [7, 11) is 1.95. The molecular formula is C38H57N3O9Si. The molecule has 13 heteroatoms. The van der Waals surface area contributed by atoms with E-state index in [1.807, 2.05) is 38.1 Å². The number of fused-ring (bicyclic) bond motifs is 5. The molecule has 2 aromatic carbocycles. The van der Waals surface area contributed by atoms with Crippen molar-refractivity contribution in [1.29, 1.82) is 0 Å². The number of carbonyl (C=O) groups is 4. The molecule has 2 aromatic rings. The van der Waals surface area contributed by atoms with Crippen LogP contribution in [0.3, 0.4) is 0 Å². The van der Waals surface area contributed by atoms with Crippen molar-refractivity contribution in [2.45, 2.75) is 117 Å². The smallest absolute Gasteiger partial charge is 0.408 e. The molecule has 3 N–H and O–H groups in total. The zero-order chi connectivity index (χ0) is 38.5. The third-order valence-corrected chi connectivity index (χ3v) is 13.9. The summed E-state index contributed by atoms with van der Waals surface area (Å²) < 4.78 is 29.4. The third-order valence-electron chi connectivity index (χ3n) is 9.53. The van der Waals surface area contributed by atoms with Gasteiger partial charge in [-0.1, -0.05) is 47.1 Å². The van der Waals surface area contributed by atoms with Crippen LogP contribution in [0.5, 0.6) is 17.2 Å². The van der Waals surface area contributed by atoms with Crippen molar-refractivity contribution in [2.24, 2.45) is 5.92 Å². The average Bonchev–Trinajstić information content (AvgIpc) is 3.03. The lowest BCUT2D eigenvalue weighted by Crippen LogP contribution is -2.58. The van der Waals surface area contributed by atoms with Gasteiger partial charge in [0.25, 0.3) is 8.32 Å². The van der Waals surface area contributed by atoms with Crippen molar-refractivity contribution >= 4 is 32.2 Å². The maximum atomic E-state index is 14.0. The number of alkyl carbamates (subject to hydrolysis) is 1. The van der Waals surface area contributed by atoms with E-state index in [1.165, 1.54) is 7.11 Å². The monoisotopic (exact) mass is 727 g/mol. The number of esters is 1. The van der Waals surface area contributed by atoms with Gasteiger partial charge in [-0.15, -0.1) is 0 Å². The highest BCUT2D eigenvalue weighted by molar-refractivity contribution is 6.74. The van der Waals surface area contributed by atoms with E-state index in [-0.39, 0.29) is 23.8 Å². The number of amides is 3. The first-order valence-corrected chi connectivity index (χ1v) is 20.3. The maximum absolute atomic E-state index is 14.0. The second-order valence-corrected chi connectivity index (χ2v) is 20.4. The first-order chi connectivity index (χ1) is 23.6. The van der Waals surface area contributed by atoms with Crippen LogP contribution in [0.15, 0.2) is 30.3 Å². The second kappa shape index (κ2) is 16.4. The van der Waals surface area contributed by atoms with Crippen molar-refractivity contribution in [2.75, 3.05) is 21.3 Å². The van der Waals surface area contributed by atoms with Gasteiger partial charge < -0.3 is 39.3 Å².